The van der Waals surface area contributed by atoms with Gasteiger partial charge in [0.1, 0.15) is 17.9 Å². The second-order valence-electron chi connectivity index (χ2n) is 4.93. The quantitative estimate of drug-likeness (QED) is 0.802. The maximum atomic E-state index is 12.1. The number of carbonyl (C=O) groups is 1. The van der Waals surface area contributed by atoms with Crippen molar-refractivity contribution in [2.45, 2.75) is 27.4 Å². The molecule has 0 saturated heterocycles. The van der Waals surface area contributed by atoms with E-state index in [4.69, 9.17) is 15.2 Å². The molecule has 0 amide bonds. The number of hydrogen-bond acceptors (Lipinski definition) is 6. The van der Waals surface area contributed by atoms with Crippen molar-refractivity contribution in [3.8, 4) is 5.75 Å². The molecule has 0 aliphatic carbocycles. The minimum Gasteiger partial charge on any atom is -0.486 e. The zero-order chi connectivity index (χ0) is 17.0. The number of carbonyl (C=O) groups excluding carboxylic acids is 1. The molecular weight excluding hydrogens is 362 g/mol. The van der Waals surface area contributed by atoms with Gasteiger partial charge < -0.3 is 15.2 Å². The molecule has 2 aromatic rings. The van der Waals surface area contributed by atoms with E-state index in [1.807, 2.05) is 25.1 Å². The lowest BCUT2D eigenvalue weighted by atomic mass is 10.1. The Morgan fingerprint density at radius 1 is 1.30 bits per heavy atom. The first-order valence-electron chi connectivity index (χ1n) is 7.11. The van der Waals surface area contributed by atoms with Gasteiger partial charge in [0.05, 0.1) is 22.5 Å². The first kappa shape index (κ1) is 17.2. The Morgan fingerprint density at radius 2 is 2.04 bits per heavy atom. The molecule has 0 saturated carbocycles. The third-order valence-electron chi connectivity index (χ3n) is 3.11. The van der Waals surface area contributed by atoms with Gasteiger partial charge in [-0.25, -0.2) is 14.8 Å². The number of anilines is 1. The predicted octanol–water partition coefficient (Wildman–Crippen LogP) is 3.19. The van der Waals surface area contributed by atoms with Gasteiger partial charge >= 0.3 is 5.97 Å². The number of halogens is 1. The van der Waals surface area contributed by atoms with Crippen LogP contribution in [-0.4, -0.2) is 22.5 Å². The summed E-state index contributed by atoms with van der Waals surface area (Å²) in [5, 5.41) is 0. The molecule has 1 heterocycles. The Morgan fingerprint density at radius 3 is 2.70 bits per heavy atom. The van der Waals surface area contributed by atoms with E-state index >= 15 is 0 Å². The number of aromatic nitrogens is 2. The molecule has 0 radical (unpaired) electrons. The van der Waals surface area contributed by atoms with Crippen LogP contribution in [0.5, 0.6) is 5.75 Å². The van der Waals surface area contributed by atoms with Crippen LogP contribution in [0.4, 0.5) is 5.95 Å². The molecule has 1 aromatic heterocycles. The molecule has 23 heavy (non-hydrogen) atoms. The minimum atomic E-state index is -0.480. The fraction of sp³-hybridized carbons (Fsp3) is 0.312. The van der Waals surface area contributed by atoms with Crippen LogP contribution in [0.3, 0.4) is 0 Å². The van der Waals surface area contributed by atoms with Crippen molar-refractivity contribution in [3.05, 3.63) is 45.2 Å². The number of benzene rings is 1. The highest BCUT2D eigenvalue weighted by Gasteiger charge is 2.20. The van der Waals surface area contributed by atoms with E-state index in [0.717, 1.165) is 10.0 Å². The van der Waals surface area contributed by atoms with Crippen LogP contribution in [0.2, 0.25) is 0 Å². The molecule has 0 bridgehead atoms. The third kappa shape index (κ3) is 4.19. The normalized spacial score (nSPS) is 10.4. The van der Waals surface area contributed by atoms with E-state index in [9.17, 15) is 4.79 Å². The zero-order valence-electron chi connectivity index (χ0n) is 13.2. The SMILES string of the molecule is CCOC(=O)c1c(C)nc(N)nc1COc1ccc(C)cc1Br. The van der Waals surface area contributed by atoms with Gasteiger partial charge in [0.15, 0.2) is 0 Å². The van der Waals surface area contributed by atoms with E-state index in [-0.39, 0.29) is 19.2 Å². The lowest BCUT2D eigenvalue weighted by Crippen LogP contribution is -2.16. The number of nitrogens with zero attached hydrogens (tertiary/aromatic N) is 2. The number of hydrogen-bond donors (Lipinski definition) is 1. The zero-order valence-corrected chi connectivity index (χ0v) is 14.8. The van der Waals surface area contributed by atoms with Crippen LogP contribution in [0, 0.1) is 13.8 Å². The van der Waals surface area contributed by atoms with Gasteiger partial charge in [-0.15, -0.1) is 0 Å². The van der Waals surface area contributed by atoms with E-state index in [1.54, 1.807) is 13.8 Å². The molecule has 0 aliphatic heterocycles. The van der Waals surface area contributed by atoms with Crippen molar-refractivity contribution in [3.63, 3.8) is 0 Å². The number of aryl methyl sites for hydroxylation is 2. The summed E-state index contributed by atoms with van der Waals surface area (Å²) in [6, 6.07) is 5.73. The van der Waals surface area contributed by atoms with Crippen LogP contribution in [0.15, 0.2) is 22.7 Å². The Kier molecular flexibility index (Phi) is 5.54. The van der Waals surface area contributed by atoms with Gasteiger partial charge in [0.2, 0.25) is 5.95 Å². The topological polar surface area (TPSA) is 87.3 Å². The lowest BCUT2D eigenvalue weighted by molar-refractivity contribution is 0.0521. The van der Waals surface area contributed by atoms with Gasteiger partial charge in [-0.05, 0) is 54.4 Å². The van der Waals surface area contributed by atoms with Crippen LogP contribution in [0.25, 0.3) is 0 Å². The first-order chi connectivity index (χ1) is 10.9. The molecule has 0 atom stereocenters. The highest BCUT2D eigenvalue weighted by Crippen LogP contribution is 2.27. The van der Waals surface area contributed by atoms with Crippen LogP contribution < -0.4 is 10.5 Å². The second kappa shape index (κ2) is 7.41. The number of esters is 1. The molecule has 2 N–H and O–H groups in total. The van der Waals surface area contributed by atoms with Crippen molar-refractivity contribution in [1.82, 2.24) is 9.97 Å². The summed E-state index contributed by atoms with van der Waals surface area (Å²) < 4.78 is 11.6. The maximum Gasteiger partial charge on any atom is 0.341 e. The van der Waals surface area contributed by atoms with Crippen LogP contribution >= 0.6 is 15.9 Å². The fourth-order valence-corrected chi connectivity index (χ4v) is 2.71. The first-order valence-corrected chi connectivity index (χ1v) is 7.90. The predicted molar refractivity (Wildman–Crippen MR) is 90.3 cm³/mol. The van der Waals surface area contributed by atoms with Gasteiger partial charge in [-0.3, -0.25) is 0 Å². The Hall–Kier alpha value is -2.15. The van der Waals surface area contributed by atoms with Crippen molar-refractivity contribution in [2.75, 3.05) is 12.3 Å². The lowest BCUT2D eigenvalue weighted by Gasteiger charge is -2.13. The van der Waals surface area contributed by atoms with Crippen molar-refractivity contribution < 1.29 is 14.3 Å². The molecule has 7 heteroatoms. The summed E-state index contributed by atoms with van der Waals surface area (Å²) in [4.78, 5) is 20.3. The van der Waals surface area contributed by atoms with Crippen molar-refractivity contribution >= 4 is 27.8 Å². The van der Waals surface area contributed by atoms with Crippen molar-refractivity contribution in [2.24, 2.45) is 0 Å². The van der Waals surface area contributed by atoms with E-state index in [0.29, 0.717) is 22.7 Å². The second-order valence-corrected chi connectivity index (χ2v) is 5.79. The molecule has 0 spiro atoms. The third-order valence-corrected chi connectivity index (χ3v) is 3.73. The fourth-order valence-electron chi connectivity index (χ4n) is 2.10. The minimum absolute atomic E-state index is 0.0867. The van der Waals surface area contributed by atoms with E-state index in [1.165, 1.54) is 0 Å². The number of nitrogen functional groups attached to an aromatic ring is 1. The largest absolute Gasteiger partial charge is 0.486 e. The van der Waals surface area contributed by atoms with E-state index < -0.39 is 5.97 Å². The van der Waals surface area contributed by atoms with Crippen LogP contribution in [0.1, 0.15) is 34.2 Å². The number of ether oxygens (including phenoxy) is 2. The van der Waals surface area contributed by atoms with E-state index in [2.05, 4.69) is 25.9 Å². The summed E-state index contributed by atoms with van der Waals surface area (Å²) in [6.07, 6.45) is 0. The van der Waals surface area contributed by atoms with Gasteiger partial charge in [0.25, 0.3) is 0 Å². The monoisotopic (exact) mass is 379 g/mol. The number of nitrogens with two attached hydrogens (primary N) is 1. The molecule has 2 rings (SSSR count). The molecule has 0 aliphatic rings. The average molecular weight is 380 g/mol. The average Bonchev–Trinajstić information content (AvgIpc) is 2.45. The number of rotatable bonds is 5. The van der Waals surface area contributed by atoms with Crippen molar-refractivity contribution in [1.29, 1.82) is 0 Å². The molecular formula is C16H18BrN3O3. The highest BCUT2D eigenvalue weighted by atomic mass is 79.9. The molecule has 0 unspecified atom stereocenters. The molecule has 0 fully saturated rings. The summed E-state index contributed by atoms with van der Waals surface area (Å²) in [7, 11) is 0. The maximum absolute atomic E-state index is 12.1. The standard InChI is InChI=1S/C16H18BrN3O3/c1-4-22-15(21)14-10(3)19-16(18)20-12(14)8-23-13-6-5-9(2)7-11(13)17/h5-7H,4,8H2,1-3H3,(H2,18,19,20). The molecule has 1 aromatic carbocycles. The Balaban J connectivity index is 2.29. The Labute approximate surface area is 143 Å². The van der Waals surface area contributed by atoms with Gasteiger partial charge in [0, 0.05) is 0 Å². The summed E-state index contributed by atoms with van der Waals surface area (Å²) in [6.45, 7) is 5.78. The molecule has 6 nitrogen and oxygen atoms in total. The van der Waals surface area contributed by atoms with Gasteiger partial charge in [-0.1, -0.05) is 6.07 Å². The smallest absolute Gasteiger partial charge is 0.341 e. The summed E-state index contributed by atoms with van der Waals surface area (Å²) >= 11 is 3.45. The van der Waals surface area contributed by atoms with Gasteiger partial charge in [-0.2, -0.15) is 0 Å². The summed E-state index contributed by atoms with van der Waals surface area (Å²) in [5.41, 5.74) is 7.96. The molecule has 122 valence electrons. The summed E-state index contributed by atoms with van der Waals surface area (Å²) in [5.74, 6) is 0.268. The highest BCUT2D eigenvalue weighted by molar-refractivity contribution is 9.10. The Bertz CT molecular complexity index is 735. The van der Waals surface area contributed by atoms with Crippen LogP contribution in [-0.2, 0) is 11.3 Å².